The molecule has 0 atom stereocenters. The molecule has 0 aliphatic carbocycles. The Morgan fingerprint density at radius 2 is 1.85 bits per heavy atom. The van der Waals surface area contributed by atoms with Crippen molar-refractivity contribution in [2.24, 2.45) is 0 Å². The predicted molar refractivity (Wildman–Crippen MR) is 102 cm³/mol. The number of aromatic amines is 1. The van der Waals surface area contributed by atoms with E-state index in [1.807, 2.05) is 30.3 Å². The summed E-state index contributed by atoms with van der Waals surface area (Å²) in [7, 11) is 0. The molecule has 0 fully saturated rings. The number of halogens is 1. The summed E-state index contributed by atoms with van der Waals surface area (Å²) in [5.74, 6) is -0.0227. The molecular weight excluding hydrogens is 366 g/mol. The lowest BCUT2D eigenvalue weighted by molar-refractivity contribution is 0.0950. The van der Waals surface area contributed by atoms with Gasteiger partial charge in [0.15, 0.2) is 5.65 Å². The average Bonchev–Trinajstić information content (AvgIpc) is 3.12. The standard InChI is InChI=1S/C19H14ClN5O2/c20-15-9-5-4-8-13(15)18(26)21-11-16-23-17-14(19(27)24-16)10-22-25(17)12-6-2-1-3-7-12/h1-10H,11H2,(H,21,26)(H,23,24,27). The van der Waals surface area contributed by atoms with Gasteiger partial charge in [-0.25, -0.2) is 9.67 Å². The van der Waals surface area contributed by atoms with Crippen LogP contribution in [-0.4, -0.2) is 25.7 Å². The molecule has 2 aromatic carbocycles. The Bertz CT molecular complexity index is 1180. The van der Waals surface area contributed by atoms with Gasteiger partial charge in [-0.15, -0.1) is 0 Å². The molecule has 0 spiro atoms. The number of hydrogen-bond acceptors (Lipinski definition) is 4. The highest BCUT2D eigenvalue weighted by Crippen LogP contribution is 2.15. The summed E-state index contributed by atoms with van der Waals surface area (Å²) >= 11 is 6.03. The second-order valence-corrected chi connectivity index (χ2v) is 6.21. The fourth-order valence-corrected chi connectivity index (χ4v) is 2.93. The van der Waals surface area contributed by atoms with E-state index in [2.05, 4.69) is 20.4 Å². The first kappa shape index (κ1) is 17.0. The fourth-order valence-electron chi connectivity index (χ4n) is 2.71. The molecule has 0 saturated carbocycles. The summed E-state index contributed by atoms with van der Waals surface area (Å²) in [5.41, 5.74) is 1.25. The van der Waals surface area contributed by atoms with Crippen LogP contribution in [0.25, 0.3) is 16.7 Å². The van der Waals surface area contributed by atoms with Crippen LogP contribution in [-0.2, 0) is 6.54 Å². The molecule has 0 aliphatic heterocycles. The molecule has 2 N–H and O–H groups in total. The largest absolute Gasteiger partial charge is 0.345 e. The number of aromatic nitrogens is 4. The molecule has 4 rings (SSSR count). The quantitative estimate of drug-likeness (QED) is 0.570. The van der Waals surface area contributed by atoms with Gasteiger partial charge >= 0.3 is 0 Å². The van der Waals surface area contributed by atoms with Gasteiger partial charge in [0.05, 0.1) is 29.0 Å². The molecule has 0 radical (unpaired) electrons. The van der Waals surface area contributed by atoms with Gasteiger partial charge in [-0.05, 0) is 24.3 Å². The molecule has 8 heteroatoms. The van der Waals surface area contributed by atoms with Crippen molar-refractivity contribution < 1.29 is 4.79 Å². The average molecular weight is 380 g/mol. The molecule has 0 unspecified atom stereocenters. The van der Waals surface area contributed by atoms with Crippen LogP contribution < -0.4 is 10.9 Å². The zero-order valence-electron chi connectivity index (χ0n) is 14.0. The summed E-state index contributed by atoms with van der Waals surface area (Å²) in [4.78, 5) is 31.7. The van der Waals surface area contributed by atoms with Crippen LogP contribution in [0.15, 0.2) is 65.6 Å². The van der Waals surface area contributed by atoms with E-state index >= 15 is 0 Å². The van der Waals surface area contributed by atoms with Crippen LogP contribution in [0.3, 0.4) is 0 Å². The van der Waals surface area contributed by atoms with Crippen molar-refractivity contribution >= 4 is 28.5 Å². The van der Waals surface area contributed by atoms with E-state index in [1.165, 1.54) is 6.20 Å². The van der Waals surface area contributed by atoms with Crippen molar-refractivity contribution in [2.75, 3.05) is 0 Å². The lowest BCUT2D eigenvalue weighted by Gasteiger charge is -2.07. The number of benzene rings is 2. The van der Waals surface area contributed by atoms with Crippen LogP contribution in [0.4, 0.5) is 0 Å². The Morgan fingerprint density at radius 3 is 2.63 bits per heavy atom. The molecule has 1 amide bonds. The topological polar surface area (TPSA) is 92.7 Å². The number of nitrogens with zero attached hydrogens (tertiary/aromatic N) is 3. The summed E-state index contributed by atoms with van der Waals surface area (Å²) < 4.78 is 1.59. The Balaban J connectivity index is 1.64. The number of fused-ring (bicyclic) bond motifs is 1. The minimum atomic E-state index is -0.347. The molecule has 7 nitrogen and oxygen atoms in total. The maximum atomic E-state index is 12.3. The minimum Gasteiger partial charge on any atom is -0.345 e. The molecule has 2 heterocycles. The van der Waals surface area contributed by atoms with Gasteiger partial charge in [-0.3, -0.25) is 9.59 Å². The summed E-state index contributed by atoms with van der Waals surface area (Å²) in [5, 5.41) is 7.70. The van der Waals surface area contributed by atoms with Gasteiger partial charge in [0.1, 0.15) is 11.2 Å². The highest BCUT2D eigenvalue weighted by molar-refractivity contribution is 6.33. The first-order valence-electron chi connectivity index (χ1n) is 8.18. The molecule has 0 saturated heterocycles. The molecule has 134 valence electrons. The zero-order chi connectivity index (χ0) is 18.8. The lowest BCUT2D eigenvalue weighted by atomic mass is 10.2. The third kappa shape index (κ3) is 3.32. The SMILES string of the molecule is O=C(NCc1nc2c(cnn2-c2ccccc2)c(=O)[nH]1)c1ccccc1Cl. The van der Waals surface area contributed by atoms with Crippen LogP contribution in [0, 0.1) is 0 Å². The Hall–Kier alpha value is -3.45. The zero-order valence-corrected chi connectivity index (χ0v) is 14.8. The molecule has 2 aromatic heterocycles. The summed E-state index contributed by atoms with van der Waals surface area (Å²) in [6.07, 6.45) is 1.47. The third-order valence-electron chi connectivity index (χ3n) is 4.02. The first-order valence-corrected chi connectivity index (χ1v) is 8.56. The predicted octanol–water partition coefficient (Wildman–Crippen LogP) is 2.69. The first-order chi connectivity index (χ1) is 13.1. The van der Waals surface area contributed by atoms with Gasteiger partial charge in [0.25, 0.3) is 11.5 Å². The smallest absolute Gasteiger partial charge is 0.262 e. The van der Waals surface area contributed by atoms with Crippen LogP contribution in [0.5, 0.6) is 0 Å². The molecule has 27 heavy (non-hydrogen) atoms. The Kier molecular flexibility index (Phi) is 4.43. The highest BCUT2D eigenvalue weighted by atomic mass is 35.5. The van der Waals surface area contributed by atoms with Gasteiger partial charge in [-0.2, -0.15) is 5.10 Å². The fraction of sp³-hybridized carbons (Fsp3) is 0.0526. The van der Waals surface area contributed by atoms with Crippen LogP contribution >= 0.6 is 11.6 Å². The lowest BCUT2D eigenvalue weighted by Crippen LogP contribution is -2.26. The van der Waals surface area contributed by atoms with Crippen LogP contribution in [0.2, 0.25) is 5.02 Å². The molecule has 0 bridgehead atoms. The molecule has 0 aliphatic rings. The number of amides is 1. The van der Waals surface area contributed by atoms with Gasteiger partial charge < -0.3 is 10.3 Å². The van der Waals surface area contributed by atoms with Crippen molar-refractivity contribution in [3.63, 3.8) is 0 Å². The van der Waals surface area contributed by atoms with E-state index in [0.29, 0.717) is 27.4 Å². The van der Waals surface area contributed by atoms with Crippen molar-refractivity contribution in [1.82, 2.24) is 25.1 Å². The number of rotatable bonds is 4. The van der Waals surface area contributed by atoms with E-state index in [-0.39, 0.29) is 18.0 Å². The summed E-state index contributed by atoms with van der Waals surface area (Å²) in [6, 6.07) is 16.1. The monoisotopic (exact) mass is 379 g/mol. The number of nitrogens with one attached hydrogen (secondary N) is 2. The maximum absolute atomic E-state index is 12.3. The Morgan fingerprint density at radius 1 is 1.11 bits per heavy atom. The molecule has 4 aromatic rings. The summed E-state index contributed by atoms with van der Waals surface area (Å²) in [6.45, 7) is 0.0508. The van der Waals surface area contributed by atoms with Crippen molar-refractivity contribution in [3.8, 4) is 5.69 Å². The van der Waals surface area contributed by atoms with E-state index in [9.17, 15) is 9.59 Å². The normalized spacial score (nSPS) is 10.9. The maximum Gasteiger partial charge on any atom is 0.262 e. The van der Waals surface area contributed by atoms with Gasteiger partial charge in [0, 0.05) is 0 Å². The van der Waals surface area contributed by atoms with Gasteiger partial charge in [-0.1, -0.05) is 41.9 Å². The highest BCUT2D eigenvalue weighted by Gasteiger charge is 2.13. The number of para-hydroxylation sites is 1. The van der Waals surface area contributed by atoms with E-state index in [4.69, 9.17) is 11.6 Å². The Labute approximate surface area is 158 Å². The van der Waals surface area contributed by atoms with E-state index in [0.717, 1.165) is 5.69 Å². The van der Waals surface area contributed by atoms with Crippen molar-refractivity contribution in [2.45, 2.75) is 6.54 Å². The van der Waals surface area contributed by atoms with E-state index < -0.39 is 0 Å². The third-order valence-corrected chi connectivity index (χ3v) is 4.35. The number of H-pyrrole nitrogens is 1. The van der Waals surface area contributed by atoms with Crippen LogP contribution in [0.1, 0.15) is 16.2 Å². The minimum absolute atomic E-state index is 0.0508. The number of carbonyl (C=O) groups is 1. The van der Waals surface area contributed by atoms with Gasteiger partial charge in [0.2, 0.25) is 0 Å². The van der Waals surface area contributed by atoms with Crippen molar-refractivity contribution in [1.29, 1.82) is 0 Å². The van der Waals surface area contributed by atoms with Crippen molar-refractivity contribution in [3.05, 3.63) is 87.6 Å². The number of hydrogen-bond donors (Lipinski definition) is 2. The van der Waals surface area contributed by atoms with E-state index in [1.54, 1.807) is 28.9 Å². The number of carbonyl (C=O) groups excluding carboxylic acids is 1. The molecular formula is C19H14ClN5O2. The second kappa shape index (κ2) is 7.05. The second-order valence-electron chi connectivity index (χ2n) is 5.80.